The van der Waals surface area contributed by atoms with E-state index in [1.807, 2.05) is 54.6 Å². The van der Waals surface area contributed by atoms with Gasteiger partial charge in [-0.25, -0.2) is 0 Å². The molecule has 0 bridgehead atoms. The standard InChI is InChI=1S/C28H20ClNO3S/c29-23-12-5-7-19(15-23)17-30-27(31)26(34-28(30)32)16-21-9-2-4-14-25(21)33-18-22-11-6-10-20-8-1-3-13-24(20)22/h1-16H,17-18H2/b26-16-. The molecule has 0 unspecified atom stereocenters. The van der Waals surface area contributed by atoms with Crippen molar-refractivity contribution in [3.05, 3.63) is 118 Å². The highest BCUT2D eigenvalue weighted by Gasteiger charge is 2.35. The van der Waals surface area contributed by atoms with Crippen molar-refractivity contribution >= 4 is 51.4 Å². The summed E-state index contributed by atoms with van der Waals surface area (Å²) in [5, 5.41) is 2.57. The quantitative estimate of drug-likeness (QED) is 0.269. The third-order valence-electron chi connectivity index (χ3n) is 5.57. The monoisotopic (exact) mass is 485 g/mol. The van der Waals surface area contributed by atoms with E-state index in [0.29, 0.717) is 22.3 Å². The van der Waals surface area contributed by atoms with Crippen molar-refractivity contribution in [2.24, 2.45) is 0 Å². The Morgan fingerprint density at radius 1 is 0.882 bits per heavy atom. The van der Waals surface area contributed by atoms with Gasteiger partial charge in [0.05, 0.1) is 11.4 Å². The lowest BCUT2D eigenvalue weighted by Gasteiger charge is -2.13. The van der Waals surface area contributed by atoms with Crippen molar-refractivity contribution in [1.29, 1.82) is 0 Å². The van der Waals surface area contributed by atoms with Crippen molar-refractivity contribution in [2.75, 3.05) is 0 Å². The van der Waals surface area contributed by atoms with Crippen molar-refractivity contribution in [3.63, 3.8) is 0 Å². The van der Waals surface area contributed by atoms with Gasteiger partial charge in [-0.2, -0.15) is 0 Å². The third-order valence-corrected chi connectivity index (χ3v) is 6.71. The maximum atomic E-state index is 13.0. The number of imide groups is 1. The first-order chi connectivity index (χ1) is 16.6. The molecule has 1 fully saturated rings. The van der Waals surface area contributed by atoms with Crippen LogP contribution in [-0.2, 0) is 17.9 Å². The summed E-state index contributed by atoms with van der Waals surface area (Å²) in [5.41, 5.74) is 2.63. The van der Waals surface area contributed by atoms with Crippen LogP contribution in [0.3, 0.4) is 0 Å². The number of carbonyl (C=O) groups is 2. The zero-order valence-electron chi connectivity index (χ0n) is 18.1. The number of hydrogen-bond acceptors (Lipinski definition) is 4. The Bertz CT molecular complexity index is 1430. The molecule has 0 aliphatic carbocycles. The molecule has 0 radical (unpaired) electrons. The van der Waals surface area contributed by atoms with Gasteiger partial charge in [0.15, 0.2) is 0 Å². The van der Waals surface area contributed by atoms with E-state index in [-0.39, 0.29) is 17.7 Å². The summed E-state index contributed by atoms with van der Waals surface area (Å²) in [6.45, 7) is 0.574. The van der Waals surface area contributed by atoms with Crippen LogP contribution < -0.4 is 4.74 Å². The Hall–Kier alpha value is -3.54. The molecule has 168 valence electrons. The number of fused-ring (bicyclic) bond motifs is 1. The van der Waals surface area contributed by atoms with E-state index in [0.717, 1.165) is 39.2 Å². The maximum absolute atomic E-state index is 13.0. The molecule has 1 aliphatic rings. The minimum atomic E-state index is -0.321. The van der Waals surface area contributed by atoms with Gasteiger partial charge < -0.3 is 4.74 Å². The second kappa shape index (κ2) is 9.75. The van der Waals surface area contributed by atoms with Gasteiger partial charge in [-0.15, -0.1) is 0 Å². The molecule has 34 heavy (non-hydrogen) atoms. The lowest BCUT2D eigenvalue weighted by molar-refractivity contribution is -0.123. The summed E-state index contributed by atoms with van der Waals surface area (Å²) in [6, 6.07) is 29.0. The molecule has 4 nitrogen and oxygen atoms in total. The fourth-order valence-corrected chi connectivity index (χ4v) is 4.94. The van der Waals surface area contributed by atoms with Crippen LogP contribution in [0, 0.1) is 0 Å². The van der Waals surface area contributed by atoms with Gasteiger partial charge in [-0.1, -0.05) is 84.4 Å². The molecule has 0 N–H and O–H groups in total. The highest BCUT2D eigenvalue weighted by atomic mass is 35.5. The van der Waals surface area contributed by atoms with Crippen molar-refractivity contribution in [2.45, 2.75) is 13.2 Å². The molecule has 0 spiro atoms. The molecule has 2 amide bonds. The molecule has 0 atom stereocenters. The van der Waals surface area contributed by atoms with Crippen LogP contribution in [0.4, 0.5) is 4.79 Å². The largest absolute Gasteiger partial charge is 0.488 e. The van der Waals surface area contributed by atoms with Gasteiger partial charge in [-0.05, 0) is 57.9 Å². The molecule has 1 saturated heterocycles. The molecule has 0 saturated carbocycles. The van der Waals surface area contributed by atoms with Gasteiger partial charge >= 0.3 is 0 Å². The normalized spacial score (nSPS) is 14.9. The highest BCUT2D eigenvalue weighted by Crippen LogP contribution is 2.35. The lowest BCUT2D eigenvalue weighted by Crippen LogP contribution is -2.27. The summed E-state index contributed by atoms with van der Waals surface area (Å²) in [4.78, 5) is 27.2. The number of para-hydroxylation sites is 1. The summed E-state index contributed by atoms with van der Waals surface area (Å²) in [5.74, 6) is 0.330. The van der Waals surface area contributed by atoms with Gasteiger partial charge in [0.25, 0.3) is 11.1 Å². The fraction of sp³-hybridized carbons (Fsp3) is 0.0714. The first kappa shape index (κ1) is 22.3. The summed E-state index contributed by atoms with van der Waals surface area (Å²) < 4.78 is 6.16. The minimum Gasteiger partial charge on any atom is -0.488 e. The topological polar surface area (TPSA) is 46.6 Å². The van der Waals surface area contributed by atoms with E-state index in [9.17, 15) is 9.59 Å². The van der Waals surface area contributed by atoms with Crippen LogP contribution >= 0.6 is 23.4 Å². The van der Waals surface area contributed by atoms with Gasteiger partial charge in [0.2, 0.25) is 0 Å². The Kier molecular flexibility index (Phi) is 6.39. The van der Waals surface area contributed by atoms with Crippen LogP contribution in [0.2, 0.25) is 5.02 Å². The number of rotatable bonds is 6. The SMILES string of the molecule is O=C1S/C(=C\c2ccccc2OCc2cccc3ccccc23)C(=O)N1Cc1cccc(Cl)c1. The van der Waals surface area contributed by atoms with E-state index in [4.69, 9.17) is 16.3 Å². The molecule has 5 rings (SSSR count). The van der Waals surface area contributed by atoms with Gasteiger partial charge in [0.1, 0.15) is 12.4 Å². The molecular formula is C28H20ClNO3S. The van der Waals surface area contributed by atoms with Gasteiger partial charge in [-0.3, -0.25) is 14.5 Å². The molecule has 0 aromatic heterocycles. The summed E-state index contributed by atoms with van der Waals surface area (Å²) >= 11 is 6.98. The Morgan fingerprint density at radius 3 is 2.53 bits per heavy atom. The van der Waals surface area contributed by atoms with E-state index in [1.165, 1.54) is 4.90 Å². The average Bonchev–Trinajstić information content (AvgIpc) is 3.11. The Labute approximate surface area is 206 Å². The smallest absolute Gasteiger partial charge is 0.293 e. The van der Waals surface area contributed by atoms with E-state index in [1.54, 1.807) is 24.3 Å². The minimum absolute atomic E-state index is 0.182. The zero-order chi connectivity index (χ0) is 23.5. The number of hydrogen-bond donors (Lipinski definition) is 0. The lowest BCUT2D eigenvalue weighted by atomic mass is 10.1. The van der Waals surface area contributed by atoms with E-state index >= 15 is 0 Å². The first-order valence-corrected chi connectivity index (χ1v) is 12.0. The predicted octanol–water partition coefficient (Wildman–Crippen LogP) is 7.31. The van der Waals surface area contributed by atoms with Crippen molar-refractivity contribution in [1.82, 2.24) is 4.90 Å². The second-order valence-corrected chi connectivity index (χ2v) is 9.29. The van der Waals surface area contributed by atoms with E-state index < -0.39 is 0 Å². The van der Waals surface area contributed by atoms with Crippen LogP contribution in [0.5, 0.6) is 5.75 Å². The Balaban J connectivity index is 1.36. The fourth-order valence-electron chi connectivity index (χ4n) is 3.90. The number of thioether (sulfide) groups is 1. The molecule has 1 aliphatic heterocycles. The third kappa shape index (κ3) is 4.72. The van der Waals surface area contributed by atoms with Crippen molar-refractivity contribution < 1.29 is 14.3 Å². The van der Waals surface area contributed by atoms with Crippen molar-refractivity contribution in [3.8, 4) is 5.75 Å². The molecular weight excluding hydrogens is 466 g/mol. The number of nitrogens with zero attached hydrogens (tertiary/aromatic N) is 1. The zero-order valence-corrected chi connectivity index (χ0v) is 19.7. The molecule has 1 heterocycles. The number of carbonyl (C=O) groups excluding carboxylic acids is 2. The maximum Gasteiger partial charge on any atom is 0.293 e. The van der Waals surface area contributed by atoms with Gasteiger partial charge in [0, 0.05) is 10.6 Å². The number of benzene rings is 4. The molecule has 6 heteroatoms. The van der Waals surface area contributed by atoms with Crippen LogP contribution in [0.25, 0.3) is 16.8 Å². The van der Waals surface area contributed by atoms with Crippen LogP contribution in [0.15, 0.2) is 95.9 Å². The number of halogens is 1. The summed E-state index contributed by atoms with van der Waals surface area (Å²) in [7, 11) is 0. The predicted molar refractivity (Wildman–Crippen MR) is 138 cm³/mol. The molecule has 4 aromatic carbocycles. The van der Waals surface area contributed by atoms with Crippen LogP contribution in [-0.4, -0.2) is 16.0 Å². The Morgan fingerprint density at radius 2 is 1.65 bits per heavy atom. The van der Waals surface area contributed by atoms with Crippen LogP contribution in [0.1, 0.15) is 16.7 Å². The number of amides is 2. The highest BCUT2D eigenvalue weighted by molar-refractivity contribution is 8.18. The van der Waals surface area contributed by atoms with E-state index in [2.05, 4.69) is 18.2 Å². The summed E-state index contributed by atoms with van der Waals surface area (Å²) in [6.07, 6.45) is 1.72. The number of ether oxygens (including phenoxy) is 1. The average molecular weight is 486 g/mol. The second-order valence-electron chi connectivity index (χ2n) is 7.86. The molecule has 4 aromatic rings. The first-order valence-electron chi connectivity index (χ1n) is 10.8.